The SMILES string of the molecule is Cn1cc(-n2c(CCl)nc3cc(I)ccc32)cn1. The molecule has 0 aliphatic carbocycles. The predicted octanol–water partition coefficient (Wildman–Crippen LogP) is 3.10. The van der Waals surface area contributed by atoms with E-state index in [9.17, 15) is 0 Å². The van der Waals surface area contributed by atoms with Gasteiger partial charge < -0.3 is 0 Å². The Balaban J connectivity index is 2.32. The lowest BCUT2D eigenvalue weighted by Gasteiger charge is -2.03. The van der Waals surface area contributed by atoms with Crippen molar-refractivity contribution in [2.24, 2.45) is 7.05 Å². The minimum Gasteiger partial charge on any atom is -0.292 e. The van der Waals surface area contributed by atoms with Crippen LogP contribution in [0.4, 0.5) is 0 Å². The largest absolute Gasteiger partial charge is 0.292 e. The summed E-state index contributed by atoms with van der Waals surface area (Å²) in [5.74, 6) is 1.21. The Morgan fingerprint density at radius 3 is 2.89 bits per heavy atom. The van der Waals surface area contributed by atoms with Crippen molar-refractivity contribution in [3.63, 3.8) is 0 Å². The van der Waals surface area contributed by atoms with Crippen molar-refractivity contribution < 1.29 is 0 Å². The minimum absolute atomic E-state index is 0.375. The fourth-order valence-corrected chi connectivity index (χ4v) is 2.66. The number of hydrogen-bond donors (Lipinski definition) is 0. The van der Waals surface area contributed by atoms with Crippen LogP contribution in [0.25, 0.3) is 16.7 Å². The topological polar surface area (TPSA) is 35.6 Å². The summed E-state index contributed by atoms with van der Waals surface area (Å²) in [5, 5.41) is 4.20. The van der Waals surface area contributed by atoms with Crippen LogP contribution in [0.3, 0.4) is 0 Å². The van der Waals surface area contributed by atoms with Gasteiger partial charge in [0.1, 0.15) is 5.82 Å². The van der Waals surface area contributed by atoms with Crippen molar-refractivity contribution in [2.75, 3.05) is 0 Å². The summed E-state index contributed by atoms with van der Waals surface area (Å²) < 4.78 is 4.98. The van der Waals surface area contributed by atoms with Gasteiger partial charge in [-0.25, -0.2) is 4.98 Å². The van der Waals surface area contributed by atoms with Crippen LogP contribution in [0.15, 0.2) is 30.6 Å². The van der Waals surface area contributed by atoms with E-state index in [-0.39, 0.29) is 0 Å². The molecule has 2 heterocycles. The monoisotopic (exact) mass is 372 g/mol. The molecular formula is C12H10ClIN4. The normalized spacial score (nSPS) is 11.3. The fraction of sp³-hybridized carbons (Fsp3) is 0.167. The highest BCUT2D eigenvalue weighted by molar-refractivity contribution is 14.1. The number of benzene rings is 1. The average Bonchev–Trinajstić information content (AvgIpc) is 2.91. The maximum absolute atomic E-state index is 5.99. The Bertz CT molecular complexity index is 716. The molecule has 0 aliphatic heterocycles. The highest BCUT2D eigenvalue weighted by Gasteiger charge is 2.12. The molecule has 0 spiro atoms. The van der Waals surface area contributed by atoms with Gasteiger partial charge in [0, 0.05) is 16.8 Å². The van der Waals surface area contributed by atoms with E-state index in [1.807, 2.05) is 24.0 Å². The number of rotatable bonds is 2. The molecule has 0 bridgehead atoms. The number of hydrogen-bond acceptors (Lipinski definition) is 2. The Hall–Kier alpha value is -1.08. The fourth-order valence-electron chi connectivity index (χ4n) is 2.00. The third-order valence-electron chi connectivity index (χ3n) is 2.75. The standard InChI is InChI=1S/C12H10ClIN4/c1-17-7-9(6-15-17)18-11-3-2-8(14)4-10(11)16-12(18)5-13/h2-4,6-7H,5H2,1H3. The molecule has 4 nitrogen and oxygen atoms in total. The lowest BCUT2D eigenvalue weighted by Crippen LogP contribution is -1.97. The van der Waals surface area contributed by atoms with Gasteiger partial charge in [-0.05, 0) is 40.8 Å². The highest BCUT2D eigenvalue weighted by Crippen LogP contribution is 2.23. The zero-order chi connectivity index (χ0) is 12.7. The predicted molar refractivity (Wildman–Crippen MR) is 80.1 cm³/mol. The number of aromatic nitrogens is 4. The maximum Gasteiger partial charge on any atom is 0.129 e. The number of aryl methyl sites for hydroxylation is 1. The number of imidazole rings is 1. The second kappa shape index (κ2) is 4.55. The molecule has 0 saturated carbocycles. The molecule has 0 radical (unpaired) electrons. The van der Waals surface area contributed by atoms with E-state index in [4.69, 9.17) is 11.6 Å². The number of nitrogens with zero attached hydrogens (tertiary/aromatic N) is 4. The maximum atomic E-state index is 5.99. The molecule has 0 unspecified atom stereocenters. The molecule has 6 heteroatoms. The highest BCUT2D eigenvalue weighted by atomic mass is 127. The van der Waals surface area contributed by atoms with E-state index in [0.29, 0.717) is 5.88 Å². The third kappa shape index (κ3) is 1.91. The summed E-state index contributed by atoms with van der Waals surface area (Å²) in [6.07, 6.45) is 3.77. The molecule has 92 valence electrons. The summed E-state index contributed by atoms with van der Waals surface area (Å²) in [4.78, 5) is 4.57. The van der Waals surface area contributed by atoms with E-state index >= 15 is 0 Å². The van der Waals surface area contributed by atoms with Gasteiger partial charge in [-0.2, -0.15) is 5.10 Å². The van der Waals surface area contributed by atoms with Gasteiger partial charge >= 0.3 is 0 Å². The second-order valence-electron chi connectivity index (χ2n) is 4.00. The van der Waals surface area contributed by atoms with E-state index in [1.165, 1.54) is 0 Å². The van der Waals surface area contributed by atoms with Crippen LogP contribution in [0, 0.1) is 3.57 Å². The Morgan fingerprint density at radius 1 is 1.39 bits per heavy atom. The number of fused-ring (bicyclic) bond motifs is 1. The zero-order valence-corrected chi connectivity index (χ0v) is 12.6. The summed E-state index contributed by atoms with van der Waals surface area (Å²) in [6, 6.07) is 6.18. The lowest BCUT2D eigenvalue weighted by molar-refractivity contribution is 0.767. The van der Waals surface area contributed by atoms with E-state index < -0.39 is 0 Å². The lowest BCUT2D eigenvalue weighted by atomic mass is 10.3. The molecular weight excluding hydrogens is 363 g/mol. The van der Waals surface area contributed by atoms with Gasteiger partial charge in [0.25, 0.3) is 0 Å². The quantitative estimate of drug-likeness (QED) is 0.512. The van der Waals surface area contributed by atoms with Gasteiger partial charge in [0.15, 0.2) is 0 Å². The first-order valence-electron chi connectivity index (χ1n) is 5.41. The van der Waals surface area contributed by atoms with Gasteiger partial charge in [0.05, 0.1) is 28.8 Å². The van der Waals surface area contributed by atoms with E-state index in [2.05, 4.69) is 50.9 Å². The zero-order valence-electron chi connectivity index (χ0n) is 9.64. The molecule has 0 aliphatic rings. The molecule has 0 amide bonds. The summed E-state index contributed by atoms with van der Waals surface area (Å²) >= 11 is 8.27. The van der Waals surface area contributed by atoms with Crippen molar-refractivity contribution >= 4 is 45.2 Å². The molecule has 0 fully saturated rings. The van der Waals surface area contributed by atoms with Crippen LogP contribution >= 0.6 is 34.2 Å². The number of halogens is 2. The summed E-state index contributed by atoms with van der Waals surface area (Å²) in [7, 11) is 1.89. The molecule has 0 saturated heterocycles. The Morgan fingerprint density at radius 2 is 2.22 bits per heavy atom. The smallest absolute Gasteiger partial charge is 0.129 e. The average molecular weight is 373 g/mol. The first-order valence-corrected chi connectivity index (χ1v) is 7.02. The van der Waals surface area contributed by atoms with Gasteiger partial charge in [0.2, 0.25) is 0 Å². The second-order valence-corrected chi connectivity index (χ2v) is 5.52. The van der Waals surface area contributed by atoms with Gasteiger partial charge in [-0.15, -0.1) is 11.6 Å². The van der Waals surface area contributed by atoms with Crippen LogP contribution in [0.1, 0.15) is 5.82 Å². The molecule has 2 aromatic heterocycles. The van der Waals surface area contributed by atoms with Crippen LogP contribution in [0.5, 0.6) is 0 Å². The molecule has 0 atom stereocenters. The Labute approximate surface area is 123 Å². The van der Waals surface area contributed by atoms with Crippen molar-refractivity contribution in [3.8, 4) is 5.69 Å². The summed E-state index contributed by atoms with van der Waals surface area (Å²) in [6.45, 7) is 0. The van der Waals surface area contributed by atoms with Crippen LogP contribution in [-0.4, -0.2) is 19.3 Å². The van der Waals surface area contributed by atoms with Crippen LogP contribution < -0.4 is 0 Å². The van der Waals surface area contributed by atoms with Crippen molar-refractivity contribution in [3.05, 3.63) is 40.0 Å². The molecule has 1 aromatic carbocycles. The molecule has 3 rings (SSSR count). The molecule has 3 aromatic rings. The molecule has 0 N–H and O–H groups in total. The van der Waals surface area contributed by atoms with Crippen molar-refractivity contribution in [1.29, 1.82) is 0 Å². The van der Waals surface area contributed by atoms with Crippen molar-refractivity contribution in [1.82, 2.24) is 19.3 Å². The number of alkyl halides is 1. The minimum atomic E-state index is 0.375. The summed E-state index contributed by atoms with van der Waals surface area (Å²) in [5.41, 5.74) is 3.00. The molecule has 18 heavy (non-hydrogen) atoms. The Kier molecular flexibility index (Phi) is 3.03. The van der Waals surface area contributed by atoms with Crippen LogP contribution in [0.2, 0.25) is 0 Å². The first kappa shape index (κ1) is 12.0. The van der Waals surface area contributed by atoms with Gasteiger partial charge in [-0.3, -0.25) is 9.25 Å². The van der Waals surface area contributed by atoms with E-state index in [1.54, 1.807) is 4.68 Å². The first-order chi connectivity index (χ1) is 8.69. The van der Waals surface area contributed by atoms with Gasteiger partial charge in [-0.1, -0.05) is 0 Å². The van der Waals surface area contributed by atoms with Crippen molar-refractivity contribution in [2.45, 2.75) is 5.88 Å². The third-order valence-corrected chi connectivity index (χ3v) is 3.66. The van der Waals surface area contributed by atoms with Crippen LogP contribution in [-0.2, 0) is 12.9 Å². The van der Waals surface area contributed by atoms with E-state index in [0.717, 1.165) is 26.1 Å².